The van der Waals surface area contributed by atoms with Crippen molar-refractivity contribution in [1.29, 1.82) is 0 Å². The molecule has 4 nitrogen and oxygen atoms in total. The van der Waals surface area contributed by atoms with E-state index in [4.69, 9.17) is 9.47 Å². The Morgan fingerprint density at radius 1 is 1.20 bits per heavy atom. The Hall–Kier alpha value is -1.71. The highest BCUT2D eigenvalue weighted by molar-refractivity contribution is 5.87. The van der Waals surface area contributed by atoms with Gasteiger partial charge in [-0.05, 0) is 12.1 Å². The first-order valence-electron chi connectivity index (χ1n) is 4.99. The lowest BCUT2D eigenvalue weighted by molar-refractivity contribution is -0.116. The number of fused-ring (bicyclic) bond motifs is 1. The molecule has 1 fully saturated rings. The smallest absolute Gasteiger partial charge is 0.231 e. The van der Waals surface area contributed by atoms with Crippen molar-refractivity contribution in [3.63, 3.8) is 0 Å². The lowest BCUT2D eigenvalue weighted by atomic mass is 10.2. The van der Waals surface area contributed by atoms with E-state index in [1.165, 1.54) is 0 Å². The van der Waals surface area contributed by atoms with Crippen LogP contribution in [0.5, 0.6) is 11.5 Å². The molecule has 2 aliphatic rings. The molecule has 0 saturated carbocycles. The first kappa shape index (κ1) is 8.59. The van der Waals surface area contributed by atoms with Crippen LogP contribution >= 0.6 is 0 Å². The molecule has 78 valence electrons. The molecular formula is C11H11NO3. The first-order valence-corrected chi connectivity index (χ1v) is 4.99. The second-order valence-electron chi connectivity index (χ2n) is 3.75. The number of anilines is 1. The Kier molecular flexibility index (Phi) is 1.80. The van der Waals surface area contributed by atoms with Gasteiger partial charge in [0.2, 0.25) is 6.79 Å². The van der Waals surface area contributed by atoms with Crippen molar-refractivity contribution in [2.75, 3.05) is 24.8 Å². The van der Waals surface area contributed by atoms with E-state index >= 15 is 0 Å². The fourth-order valence-electron chi connectivity index (χ4n) is 1.93. The summed E-state index contributed by atoms with van der Waals surface area (Å²) in [5.74, 6) is 1.85. The number of Topliss-reactive ketones (excluding diaryl/α,β-unsaturated/α-hetero) is 1. The van der Waals surface area contributed by atoms with Crippen LogP contribution in [0.15, 0.2) is 18.2 Å². The third-order valence-corrected chi connectivity index (χ3v) is 2.75. The van der Waals surface area contributed by atoms with Crippen molar-refractivity contribution in [2.24, 2.45) is 0 Å². The summed E-state index contributed by atoms with van der Waals surface area (Å²) in [6.07, 6.45) is 0.647. The molecule has 1 aromatic rings. The predicted octanol–water partition coefficient (Wildman–Crippen LogP) is 1.19. The van der Waals surface area contributed by atoms with Gasteiger partial charge in [0.25, 0.3) is 0 Å². The summed E-state index contributed by atoms with van der Waals surface area (Å²) in [6, 6.07) is 5.79. The summed E-state index contributed by atoms with van der Waals surface area (Å²) >= 11 is 0. The quantitative estimate of drug-likeness (QED) is 0.690. The molecule has 4 heteroatoms. The number of hydrogen-bond acceptors (Lipinski definition) is 4. The lowest BCUT2D eigenvalue weighted by Gasteiger charge is -2.16. The van der Waals surface area contributed by atoms with Crippen molar-refractivity contribution in [1.82, 2.24) is 0 Å². The van der Waals surface area contributed by atoms with Crippen LogP contribution in [0.25, 0.3) is 0 Å². The maximum Gasteiger partial charge on any atom is 0.231 e. The standard InChI is InChI=1S/C11H11NO3/c13-9-3-4-12(6-9)8-1-2-10-11(5-8)15-7-14-10/h1-2,5H,3-4,6-7H2. The van der Waals surface area contributed by atoms with Crippen LogP contribution in [0.4, 0.5) is 5.69 Å². The summed E-state index contributed by atoms with van der Waals surface area (Å²) in [5.41, 5.74) is 1.03. The van der Waals surface area contributed by atoms with Crippen molar-refractivity contribution in [3.05, 3.63) is 18.2 Å². The summed E-state index contributed by atoms with van der Waals surface area (Å²) in [6.45, 7) is 1.61. The normalized spacial score (nSPS) is 18.7. The van der Waals surface area contributed by atoms with Gasteiger partial charge in [-0.15, -0.1) is 0 Å². The van der Waals surface area contributed by atoms with Crippen LogP contribution in [0.2, 0.25) is 0 Å². The van der Waals surface area contributed by atoms with Gasteiger partial charge in [0.15, 0.2) is 17.3 Å². The Morgan fingerprint density at radius 3 is 2.87 bits per heavy atom. The van der Waals surface area contributed by atoms with Crippen LogP contribution in [0.3, 0.4) is 0 Å². The number of hydrogen-bond donors (Lipinski definition) is 0. The molecule has 1 saturated heterocycles. The Balaban J connectivity index is 1.89. The zero-order valence-corrected chi connectivity index (χ0v) is 8.23. The largest absolute Gasteiger partial charge is 0.454 e. The van der Waals surface area contributed by atoms with Crippen molar-refractivity contribution >= 4 is 11.5 Å². The summed E-state index contributed by atoms with van der Waals surface area (Å²) in [4.78, 5) is 13.2. The van der Waals surface area contributed by atoms with Crippen molar-refractivity contribution < 1.29 is 14.3 Å². The maximum atomic E-state index is 11.2. The van der Waals surface area contributed by atoms with Crippen LogP contribution in [-0.4, -0.2) is 25.7 Å². The molecular weight excluding hydrogens is 194 g/mol. The van der Waals surface area contributed by atoms with Gasteiger partial charge < -0.3 is 14.4 Å². The van der Waals surface area contributed by atoms with E-state index in [1.807, 2.05) is 18.2 Å². The topological polar surface area (TPSA) is 38.8 Å². The monoisotopic (exact) mass is 205 g/mol. The number of ketones is 1. The molecule has 0 amide bonds. The molecule has 0 unspecified atom stereocenters. The van der Waals surface area contributed by atoms with Gasteiger partial charge in [-0.3, -0.25) is 4.79 Å². The van der Waals surface area contributed by atoms with E-state index in [-0.39, 0.29) is 6.79 Å². The Morgan fingerprint density at radius 2 is 2.07 bits per heavy atom. The van der Waals surface area contributed by atoms with Gasteiger partial charge in [-0.2, -0.15) is 0 Å². The molecule has 0 radical (unpaired) electrons. The van der Waals surface area contributed by atoms with E-state index in [0.717, 1.165) is 23.7 Å². The molecule has 1 aromatic carbocycles. The van der Waals surface area contributed by atoms with E-state index < -0.39 is 0 Å². The fraction of sp³-hybridized carbons (Fsp3) is 0.364. The SMILES string of the molecule is O=C1CCN(c2ccc3c(c2)OCO3)C1. The molecule has 0 N–H and O–H groups in total. The summed E-state index contributed by atoms with van der Waals surface area (Å²) in [5, 5.41) is 0. The fourth-order valence-corrected chi connectivity index (χ4v) is 1.93. The highest BCUT2D eigenvalue weighted by Crippen LogP contribution is 2.35. The van der Waals surface area contributed by atoms with Gasteiger partial charge in [0, 0.05) is 24.7 Å². The number of carbonyl (C=O) groups is 1. The highest BCUT2D eigenvalue weighted by Gasteiger charge is 2.21. The zero-order valence-electron chi connectivity index (χ0n) is 8.23. The van der Waals surface area contributed by atoms with Gasteiger partial charge in [0.05, 0.1) is 6.54 Å². The van der Waals surface area contributed by atoms with E-state index in [2.05, 4.69) is 4.90 Å². The molecule has 0 aromatic heterocycles. The van der Waals surface area contributed by atoms with Gasteiger partial charge in [0.1, 0.15) is 0 Å². The number of nitrogens with zero attached hydrogens (tertiary/aromatic N) is 1. The molecule has 0 atom stereocenters. The third kappa shape index (κ3) is 1.42. The molecule has 15 heavy (non-hydrogen) atoms. The predicted molar refractivity (Wildman–Crippen MR) is 54.4 cm³/mol. The lowest BCUT2D eigenvalue weighted by Crippen LogP contribution is -2.19. The molecule has 2 aliphatic heterocycles. The average Bonchev–Trinajstić information content (AvgIpc) is 2.84. The average molecular weight is 205 g/mol. The molecule has 3 rings (SSSR count). The second kappa shape index (κ2) is 3.15. The minimum atomic E-state index is 0.289. The number of ether oxygens (including phenoxy) is 2. The van der Waals surface area contributed by atoms with E-state index in [1.54, 1.807) is 0 Å². The highest BCUT2D eigenvalue weighted by atomic mass is 16.7. The number of rotatable bonds is 1. The van der Waals surface area contributed by atoms with Crippen molar-refractivity contribution in [2.45, 2.75) is 6.42 Å². The first-order chi connectivity index (χ1) is 7.33. The van der Waals surface area contributed by atoms with E-state index in [0.29, 0.717) is 18.7 Å². The summed E-state index contributed by atoms with van der Waals surface area (Å²) < 4.78 is 10.5. The molecule has 0 bridgehead atoms. The second-order valence-corrected chi connectivity index (χ2v) is 3.75. The number of carbonyl (C=O) groups excluding carboxylic acids is 1. The molecule has 2 heterocycles. The van der Waals surface area contributed by atoms with Gasteiger partial charge in [-0.25, -0.2) is 0 Å². The van der Waals surface area contributed by atoms with Crippen molar-refractivity contribution in [3.8, 4) is 11.5 Å². The minimum Gasteiger partial charge on any atom is -0.454 e. The third-order valence-electron chi connectivity index (χ3n) is 2.75. The van der Waals surface area contributed by atoms with E-state index in [9.17, 15) is 4.79 Å². The maximum absolute atomic E-state index is 11.2. The van der Waals surface area contributed by atoms with Crippen LogP contribution in [0, 0.1) is 0 Å². The van der Waals surface area contributed by atoms with Gasteiger partial charge in [-0.1, -0.05) is 0 Å². The number of benzene rings is 1. The van der Waals surface area contributed by atoms with Crippen LogP contribution < -0.4 is 14.4 Å². The molecule has 0 aliphatic carbocycles. The van der Waals surface area contributed by atoms with Gasteiger partial charge >= 0.3 is 0 Å². The van der Waals surface area contributed by atoms with Crippen LogP contribution in [0.1, 0.15) is 6.42 Å². The Labute approximate surface area is 87.4 Å². The summed E-state index contributed by atoms with van der Waals surface area (Å²) in [7, 11) is 0. The zero-order chi connectivity index (χ0) is 10.3. The molecule has 0 spiro atoms. The minimum absolute atomic E-state index is 0.289. The Bertz CT molecular complexity index is 416. The van der Waals surface area contributed by atoms with Crippen LogP contribution in [-0.2, 0) is 4.79 Å².